The number of piperazine rings is 1. The number of anilines is 1. The summed E-state index contributed by atoms with van der Waals surface area (Å²) < 4.78 is 17.6. The molecule has 2 aromatic heterocycles. The maximum Gasteiger partial charge on any atom is 0.330 e. The number of rotatable bonds is 6. The first kappa shape index (κ1) is 21.8. The highest BCUT2D eigenvalue weighted by Crippen LogP contribution is 2.22. The van der Waals surface area contributed by atoms with Crippen LogP contribution in [0.25, 0.3) is 11.2 Å². The molecule has 1 aromatic carbocycles. The molecule has 1 N–H and O–H groups in total. The summed E-state index contributed by atoms with van der Waals surface area (Å²) in [6.45, 7) is 5.73. The van der Waals surface area contributed by atoms with Crippen molar-refractivity contribution in [1.29, 1.82) is 5.26 Å². The summed E-state index contributed by atoms with van der Waals surface area (Å²) in [7, 11) is 1.79. The fourth-order valence-electron chi connectivity index (χ4n) is 4.14. The van der Waals surface area contributed by atoms with Gasteiger partial charge in [-0.15, -0.1) is 0 Å². The van der Waals surface area contributed by atoms with Crippen molar-refractivity contribution in [2.75, 3.05) is 31.1 Å². The molecule has 0 bridgehead atoms. The standard InChI is InChI=1S/C22H26FN7O2/c1-3-4-7-30-20-19(21(31)26-22(30)32)27(2)18(25-20)14-28-8-10-29(11-9-28)17-6-5-15(13-24)12-16(17)23/h5-6,12H,3-4,7-11,14H2,1-2H3,(H,26,31,32). The lowest BCUT2D eigenvalue weighted by Gasteiger charge is -2.36. The third kappa shape index (κ3) is 4.03. The first-order valence-corrected chi connectivity index (χ1v) is 10.8. The number of unbranched alkanes of at least 4 members (excludes halogenated alkanes) is 1. The zero-order chi connectivity index (χ0) is 22.8. The van der Waals surface area contributed by atoms with Gasteiger partial charge in [-0.3, -0.25) is 19.2 Å². The molecule has 0 saturated carbocycles. The predicted molar refractivity (Wildman–Crippen MR) is 119 cm³/mol. The number of nitriles is 1. The molecule has 32 heavy (non-hydrogen) atoms. The summed E-state index contributed by atoms with van der Waals surface area (Å²) in [5.74, 6) is 0.316. The number of hydrogen-bond donors (Lipinski definition) is 1. The highest BCUT2D eigenvalue weighted by molar-refractivity contribution is 5.70. The van der Waals surface area contributed by atoms with E-state index in [0.29, 0.717) is 67.5 Å². The summed E-state index contributed by atoms with van der Waals surface area (Å²) in [6.07, 6.45) is 1.75. The first-order valence-electron chi connectivity index (χ1n) is 10.8. The monoisotopic (exact) mass is 439 g/mol. The van der Waals surface area contributed by atoms with E-state index in [1.807, 2.05) is 17.9 Å². The number of benzene rings is 1. The maximum atomic E-state index is 14.4. The van der Waals surface area contributed by atoms with Crippen molar-refractivity contribution in [1.82, 2.24) is 24.0 Å². The number of aromatic nitrogens is 4. The Kier molecular flexibility index (Phi) is 6.10. The molecular weight excluding hydrogens is 413 g/mol. The van der Waals surface area contributed by atoms with Gasteiger partial charge in [0, 0.05) is 39.8 Å². The molecule has 0 spiro atoms. The van der Waals surface area contributed by atoms with Gasteiger partial charge in [0.2, 0.25) is 0 Å². The van der Waals surface area contributed by atoms with Gasteiger partial charge in [-0.25, -0.2) is 14.2 Å². The van der Waals surface area contributed by atoms with E-state index < -0.39 is 17.1 Å². The summed E-state index contributed by atoms with van der Waals surface area (Å²) in [5.41, 5.74) is 0.757. The molecule has 1 saturated heterocycles. The van der Waals surface area contributed by atoms with E-state index >= 15 is 0 Å². The lowest BCUT2D eigenvalue weighted by atomic mass is 10.2. The van der Waals surface area contributed by atoms with E-state index in [1.54, 1.807) is 23.7 Å². The van der Waals surface area contributed by atoms with Crippen LogP contribution in [0.2, 0.25) is 0 Å². The normalized spacial score (nSPS) is 14.8. The van der Waals surface area contributed by atoms with Gasteiger partial charge >= 0.3 is 5.69 Å². The van der Waals surface area contributed by atoms with Crippen molar-refractivity contribution < 1.29 is 4.39 Å². The third-order valence-corrected chi connectivity index (χ3v) is 6.00. The van der Waals surface area contributed by atoms with Crippen molar-refractivity contribution in [2.24, 2.45) is 7.05 Å². The Morgan fingerprint density at radius 1 is 1.22 bits per heavy atom. The SMILES string of the molecule is CCCCn1c(=O)[nH]c(=O)c2c1nc(CN1CCN(c3ccc(C#N)cc3F)CC1)n2C. The number of H-pyrrole nitrogens is 1. The maximum absolute atomic E-state index is 14.4. The van der Waals surface area contributed by atoms with Crippen molar-refractivity contribution in [3.05, 3.63) is 56.2 Å². The molecule has 1 fully saturated rings. The van der Waals surface area contributed by atoms with Crippen molar-refractivity contribution in [3.8, 4) is 6.07 Å². The highest BCUT2D eigenvalue weighted by Gasteiger charge is 2.23. The Labute approximate surface area is 184 Å². The smallest absolute Gasteiger partial charge is 0.330 e. The van der Waals surface area contributed by atoms with E-state index in [2.05, 4.69) is 14.9 Å². The largest absolute Gasteiger partial charge is 0.367 e. The number of nitrogens with one attached hydrogen (secondary N) is 1. The van der Waals surface area contributed by atoms with Crippen LogP contribution < -0.4 is 16.1 Å². The van der Waals surface area contributed by atoms with Crippen LogP contribution in [0.4, 0.5) is 10.1 Å². The molecule has 10 heteroatoms. The molecule has 3 heterocycles. The summed E-state index contributed by atoms with van der Waals surface area (Å²) in [4.78, 5) is 35.9. The number of imidazole rings is 1. The molecule has 0 aliphatic carbocycles. The minimum atomic E-state index is -0.432. The molecule has 0 radical (unpaired) electrons. The number of halogens is 1. The van der Waals surface area contributed by atoms with E-state index in [9.17, 15) is 14.0 Å². The zero-order valence-corrected chi connectivity index (χ0v) is 18.3. The lowest BCUT2D eigenvalue weighted by Crippen LogP contribution is -2.46. The Morgan fingerprint density at radius 2 is 1.97 bits per heavy atom. The van der Waals surface area contributed by atoms with Crippen LogP contribution in [0.1, 0.15) is 31.2 Å². The van der Waals surface area contributed by atoms with Crippen LogP contribution in [-0.2, 0) is 20.1 Å². The van der Waals surface area contributed by atoms with Crippen LogP contribution in [0.5, 0.6) is 0 Å². The second kappa shape index (κ2) is 8.96. The molecule has 9 nitrogen and oxygen atoms in total. The summed E-state index contributed by atoms with van der Waals surface area (Å²) in [6, 6.07) is 6.48. The van der Waals surface area contributed by atoms with E-state index in [0.717, 1.165) is 12.8 Å². The van der Waals surface area contributed by atoms with Crippen molar-refractivity contribution in [2.45, 2.75) is 32.9 Å². The second-order valence-corrected chi connectivity index (χ2v) is 8.06. The van der Waals surface area contributed by atoms with Crippen LogP contribution >= 0.6 is 0 Å². The molecule has 0 atom stereocenters. The third-order valence-electron chi connectivity index (χ3n) is 6.00. The molecule has 0 amide bonds. The van der Waals surface area contributed by atoms with Crippen molar-refractivity contribution in [3.63, 3.8) is 0 Å². The molecule has 1 aliphatic heterocycles. The van der Waals surface area contributed by atoms with Crippen molar-refractivity contribution >= 4 is 16.9 Å². The van der Waals surface area contributed by atoms with Gasteiger partial charge in [0.05, 0.1) is 23.9 Å². The highest BCUT2D eigenvalue weighted by atomic mass is 19.1. The second-order valence-electron chi connectivity index (χ2n) is 8.06. The van der Waals surface area contributed by atoms with Gasteiger partial charge in [-0.1, -0.05) is 13.3 Å². The topological polar surface area (TPSA) is 103 Å². The zero-order valence-electron chi connectivity index (χ0n) is 18.3. The number of nitrogens with zero attached hydrogens (tertiary/aromatic N) is 6. The van der Waals surface area contributed by atoms with Gasteiger partial charge in [-0.2, -0.15) is 5.26 Å². The molecule has 1 aliphatic rings. The fraction of sp³-hybridized carbons (Fsp3) is 0.455. The molecule has 168 valence electrons. The van der Waals surface area contributed by atoms with Gasteiger partial charge in [0.15, 0.2) is 11.2 Å². The van der Waals surface area contributed by atoms with Gasteiger partial charge in [0.25, 0.3) is 5.56 Å². The Bertz CT molecular complexity index is 1290. The first-order chi connectivity index (χ1) is 15.4. The average molecular weight is 439 g/mol. The van der Waals surface area contributed by atoms with Crippen LogP contribution in [0, 0.1) is 17.1 Å². The number of aryl methyl sites for hydroxylation is 2. The Balaban J connectivity index is 1.52. The van der Waals surface area contributed by atoms with Gasteiger partial charge < -0.3 is 9.47 Å². The summed E-state index contributed by atoms with van der Waals surface area (Å²) >= 11 is 0. The lowest BCUT2D eigenvalue weighted by molar-refractivity contribution is 0.241. The summed E-state index contributed by atoms with van der Waals surface area (Å²) in [5, 5.41) is 8.92. The molecule has 4 rings (SSSR count). The van der Waals surface area contributed by atoms with Crippen LogP contribution in [0.15, 0.2) is 27.8 Å². The minimum Gasteiger partial charge on any atom is -0.367 e. The minimum absolute atomic E-state index is 0.305. The van der Waals surface area contributed by atoms with E-state index in [1.165, 1.54) is 10.6 Å². The van der Waals surface area contributed by atoms with E-state index in [4.69, 9.17) is 5.26 Å². The number of aromatic amines is 1. The molecule has 3 aromatic rings. The quantitative estimate of drug-likeness (QED) is 0.625. The van der Waals surface area contributed by atoms with E-state index in [-0.39, 0.29) is 0 Å². The van der Waals surface area contributed by atoms with Crippen LogP contribution in [-0.4, -0.2) is 50.2 Å². The predicted octanol–water partition coefficient (Wildman–Crippen LogP) is 1.56. The molecule has 0 unspecified atom stereocenters. The average Bonchev–Trinajstić information content (AvgIpc) is 3.10. The van der Waals surface area contributed by atoms with Gasteiger partial charge in [0.1, 0.15) is 11.6 Å². The Hall–Kier alpha value is -3.45. The van der Waals surface area contributed by atoms with Gasteiger partial charge in [-0.05, 0) is 24.6 Å². The fourth-order valence-corrected chi connectivity index (χ4v) is 4.14. The van der Waals surface area contributed by atoms with Crippen LogP contribution in [0.3, 0.4) is 0 Å². The number of hydrogen-bond acceptors (Lipinski definition) is 6. The molecular formula is C22H26FN7O2. The number of fused-ring (bicyclic) bond motifs is 1. The Morgan fingerprint density at radius 3 is 2.62 bits per heavy atom.